The van der Waals surface area contributed by atoms with Crippen LogP contribution in [0.15, 0.2) is 18.2 Å². The number of piperidine rings is 1. The third-order valence-corrected chi connectivity index (χ3v) is 6.87. The van der Waals surface area contributed by atoms with E-state index in [9.17, 15) is 9.59 Å². The maximum atomic E-state index is 12.9. The largest absolute Gasteiger partial charge is 0.491 e. The first-order chi connectivity index (χ1) is 15.1. The highest BCUT2D eigenvalue weighted by Crippen LogP contribution is 2.36. The molecule has 2 N–H and O–H groups in total. The smallest absolute Gasteiger partial charge is 0.317 e. The van der Waals surface area contributed by atoms with Gasteiger partial charge in [-0.1, -0.05) is 13.0 Å². The Hall–Kier alpha value is -2.28. The van der Waals surface area contributed by atoms with Gasteiger partial charge in [0.05, 0.1) is 12.3 Å². The van der Waals surface area contributed by atoms with Gasteiger partial charge < -0.3 is 25.0 Å². The van der Waals surface area contributed by atoms with Crippen molar-refractivity contribution in [2.45, 2.75) is 51.4 Å². The van der Waals surface area contributed by atoms with Crippen LogP contribution in [0.4, 0.5) is 10.5 Å². The number of nitrogens with zero attached hydrogens (tertiary/aromatic N) is 1. The molecule has 170 valence electrons. The van der Waals surface area contributed by atoms with E-state index in [4.69, 9.17) is 9.47 Å². The number of nitrogens with one attached hydrogen (secondary N) is 2. The number of likely N-dealkylation sites (tertiary alicyclic amines) is 1. The van der Waals surface area contributed by atoms with Crippen LogP contribution in [0, 0.1) is 11.8 Å². The van der Waals surface area contributed by atoms with Crippen molar-refractivity contribution in [3.63, 3.8) is 0 Å². The summed E-state index contributed by atoms with van der Waals surface area (Å²) < 4.78 is 11.6. The zero-order valence-electron chi connectivity index (χ0n) is 18.5. The van der Waals surface area contributed by atoms with Gasteiger partial charge >= 0.3 is 6.03 Å². The molecular formula is C24H35N3O4. The van der Waals surface area contributed by atoms with E-state index in [1.54, 1.807) is 0 Å². The fourth-order valence-corrected chi connectivity index (χ4v) is 5.02. The second kappa shape index (κ2) is 10.4. The highest BCUT2D eigenvalue weighted by molar-refractivity contribution is 5.92. The number of fused-ring (bicyclic) bond motifs is 2. The van der Waals surface area contributed by atoms with Crippen molar-refractivity contribution >= 4 is 17.6 Å². The van der Waals surface area contributed by atoms with Gasteiger partial charge in [0, 0.05) is 39.3 Å². The highest BCUT2D eigenvalue weighted by Gasteiger charge is 2.33. The van der Waals surface area contributed by atoms with Gasteiger partial charge in [-0.3, -0.25) is 4.79 Å². The van der Waals surface area contributed by atoms with E-state index in [0.717, 1.165) is 56.8 Å². The zero-order valence-corrected chi connectivity index (χ0v) is 18.5. The molecule has 7 heteroatoms. The van der Waals surface area contributed by atoms with Crippen LogP contribution in [-0.4, -0.2) is 56.3 Å². The average Bonchev–Trinajstić information content (AvgIpc) is 2.79. The summed E-state index contributed by atoms with van der Waals surface area (Å²) in [5.74, 6) is 1.79. The zero-order chi connectivity index (χ0) is 21.6. The molecule has 3 aliphatic rings. The quantitative estimate of drug-likeness (QED) is 0.767. The molecule has 0 saturated carbocycles. The average molecular weight is 430 g/mol. The molecule has 2 fully saturated rings. The molecule has 1 aromatic rings. The van der Waals surface area contributed by atoms with Gasteiger partial charge in [0.25, 0.3) is 0 Å². The molecule has 0 radical (unpaired) electrons. The summed E-state index contributed by atoms with van der Waals surface area (Å²) in [6.07, 6.45) is 5.15. The predicted molar refractivity (Wildman–Crippen MR) is 119 cm³/mol. The normalized spacial score (nSPS) is 24.9. The fourth-order valence-electron chi connectivity index (χ4n) is 5.02. The first-order valence-electron chi connectivity index (χ1n) is 11.8. The minimum absolute atomic E-state index is 0.00810. The van der Waals surface area contributed by atoms with Gasteiger partial charge in [-0.25, -0.2) is 4.79 Å². The topological polar surface area (TPSA) is 79.9 Å². The van der Waals surface area contributed by atoms with Gasteiger partial charge in [0.2, 0.25) is 5.91 Å². The van der Waals surface area contributed by atoms with Gasteiger partial charge in [-0.15, -0.1) is 0 Å². The number of benzene rings is 1. The Morgan fingerprint density at radius 1 is 1.16 bits per heavy atom. The molecule has 3 aliphatic heterocycles. The number of carbonyl (C=O) groups is 2. The predicted octanol–water partition coefficient (Wildman–Crippen LogP) is 3.75. The molecule has 2 atom stereocenters. The lowest BCUT2D eigenvalue weighted by atomic mass is 9.81. The molecule has 7 nitrogen and oxygen atoms in total. The van der Waals surface area contributed by atoms with Gasteiger partial charge in [0.1, 0.15) is 5.75 Å². The Kier molecular flexibility index (Phi) is 7.33. The highest BCUT2D eigenvalue weighted by atomic mass is 16.5. The lowest BCUT2D eigenvalue weighted by molar-refractivity contribution is -0.118. The molecule has 0 spiro atoms. The van der Waals surface area contributed by atoms with Crippen LogP contribution >= 0.6 is 0 Å². The van der Waals surface area contributed by atoms with Crippen molar-refractivity contribution in [2.75, 3.05) is 44.8 Å². The Morgan fingerprint density at radius 3 is 2.81 bits per heavy atom. The number of rotatable bonds is 3. The Bertz CT molecular complexity index is 778. The van der Waals surface area contributed by atoms with E-state index in [-0.39, 0.29) is 23.8 Å². The number of carbonyl (C=O) groups excluding carboxylic acids is 2. The Labute approximate surface area is 184 Å². The summed E-state index contributed by atoms with van der Waals surface area (Å²) in [5.41, 5.74) is 2.02. The maximum absolute atomic E-state index is 12.9. The summed E-state index contributed by atoms with van der Waals surface area (Å²) in [6.45, 7) is 6.31. The molecule has 1 aromatic carbocycles. The van der Waals surface area contributed by atoms with Gasteiger partial charge in [-0.05, 0) is 67.6 Å². The van der Waals surface area contributed by atoms with Crippen LogP contribution in [0.3, 0.4) is 0 Å². The van der Waals surface area contributed by atoms with E-state index in [1.165, 1.54) is 5.56 Å². The number of hydrogen-bond acceptors (Lipinski definition) is 4. The van der Waals surface area contributed by atoms with Gasteiger partial charge in [0.15, 0.2) is 0 Å². The van der Waals surface area contributed by atoms with Crippen molar-refractivity contribution in [3.05, 3.63) is 23.8 Å². The van der Waals surface area contributed by atoms with E-state index in [2.05, 4.69) is 22.8 Å². The Balaban J connectivity index is 1.44. The van der Waals surface area contributed by atoms with Crippen LogP contribution in [0.25, 0.3) is 0 Å². The SMILES string of the molecule is CCCNC(=O)N1CC[C@H]2CC(=O)Nc3cc(C4CCOCC4)ccc3OCC[C@H]2C1. The summed E-state index contributed by atoms with van der Waals surface area (Å²) in [5, 5.41) is 6.09. The number of ether oxygens (including phenoxy) is 2. The molecule has 2 saturated heterocycles. The second-order valence-corrected chi connectivity index (χ2v) is 9.02. The van der Waals surface area contributed by atoms with E-state index >= 15 is 0 Å². The van der Waals surface area contributed by atoms with Gasteiger partial charge in [-0.2, -0.15) is 0 Å². The van der Waals surface area contributed by atoms with Crippen LogP contribution in [0.2, 0.25) is 0 Å². The third-order valence-electron chi connectivity index (χ3n) is 6.87. The molecule has 0 aromatic heterocycles. The minimum Gasteiger partial charge on any atom is -0.491 e. The van der Waals surface area contributed by atoms with Crippen molar-refractivity contribution in [3.8, 4) is 5.75 Å². The van der Waals surface area contributed by atoms with Crippen LogP contribution in [0.5, 0.6) is 5.75 Å². The number of urea groups is 1. The molecule has 31 heavy (non-hydrogen) atoms. The molecule has 3 amide bonds. The lowest BCUT2D eigenvalue weighted by Gasteiger charge is -2.39. The van der Waals surface area contributed by atoms with Crippen molar-refractivity contribution in [1.82, 2.24) is 10.2 Å². The number of amides is 3. The molecule has 0 bridgehead atoms. The van der Waals surface area contributed by atoms with Crippen molar-refractivity contribution in [1.29, 1.82) is 0 Å². The van der Waals surface area contributed by atoms with Crippen LogP contribution < -0.4 is 15.4 Å². The Morgan fingerprint density at radius 2 is 2.00 bits per heavy atom. The fraction of sp³-hybridized carbons (Fsp3) is 0.667. The second-order valence-electron chi connectivity index (χ2n) is 9.02. The maximum Gasteiger partial charge on any atom is 0.317 e. The lowest BCUT2D eigenvalue weighted by Crippen LogP contribution is -2.49. The van der Waals surface area contributed by atoms with E-state index in [0.29, 0.717) is 38.6 Å². The molecule has 0 aliphatic carbocycles. The van der Waals surface area contributed by atoms with Crippen molar-refractivity contribution in [2.24, 2.45) is 11.8 Å². The first kappa shape index (κ1) is 21.9. The van der Waals surface area contributed by atoms with Crippen LogP contribution in [-0.2, 0) is 9.53 Å². The summed E-state index contributed by atoms with van der Waals surface area (Å²) in [4.78, 5) is 27.2. The molecular weight excluding hydrogens is 394 g/mol. The summed E-state index contributed by atoms with van der Waals surface area (Å²) in [6, 6.07) is 6.21. The standard InChI is InChI=1S/C24H35N3O4/c1-2-9-25-24(29)27-10-5-19-15-23(28)26-21-14-18(17-6-11-30-12-7-17)3-4-22(21)31-13-8-20(19)16-27/h3-4,14,17,19-20H,2,5-13,15-16H2,1H3,(H,25,29)(H,26,28)/t19-,20-/m0/s1. The monoisotopic (exact) mass is 429 g/mol. The summed E-state index contributed by atoms with van der Waals surface area (Å²) >= 11 is 0. The molecule has 0 unspecified atom stereocenters. The first-order valence-corrected chi connectivity index (χ1v) is 11.8. The molecule has 4 rings (SSSR count). The number of hydrogen-bond donors (Lipinski definition) is 2. The van der Waals surface area contributed by atoms with E-state index in [1.807, 2.05) is 17.9 Å². The minimum atomic E-state index is 0.00810. The number of anilines is 1. The summed E-state index contributed by atoms with van der Waals surface area (Å²) in [7, 11) is 0. The third kappa shape index (κ3) is 5.50. The van der Waals surface area contributed by atoms with E-state index < -0.39 is 0 Å². The van der Waals surface area contributed by atoms with Crippen molar-refractivity contribution < 1.29 is 19.1 Å². The molecule has 3 heterocycles. The van der Waals surface area contributed by atoms with Crippen LogP contribution in [0.1, 0.15) is 56.9 Å².